The average Bonchev–Trinajstić information content (AvgIpc) is 2.78. The van der Waals surface area contributed by atoms with E-state index in [0.29, 0.717) is 17.7 Å². The van der Waals surface area contributed by atoms with Gasteiger partial charge in [-0.05, 0) is 44.2 Å². The summed E-state index contributed by atoms with van der Waals surface area (Å²) in [6.07, 6.45) is 17.6. The van der Waals surface area contributed by atoms with Crippen LogP contribution < -0.4 is 0 Å². The van der Waals surface area contributed by atoms with Gasteiger partial charge in [-0.2, -0.15) is 0 Å². The highest BCUT2D eigenvalue weighted by Crippen LogP contribution is 2.22. The summed E-state index contributed by atoms with van der Waals surface area (Å²) in [7, 11) is 0. The van der Waals surface area contributed by atoms with Crippen LogP contribution in [0.15, 0.2) is 24.3 Å². The molecule has 0 aliphatic heterocycles. The van der Waals surface area contributed by atoms with Crippen molar-refractivity contribution in [2.24, 2.45) is 0 Å². The number of carbonyl (C=O) groups excluding carboxylic acids is 2. The number of esters is 2. The number of carbonyl (C=O) groups is 2. The predicted molar refractivity (Wildman–Crippen MR) is 121 cm³/mol. The molecule has 0 spiro atoms. The fraction of sp³-hybridized carbons (Fsp3) is 0.692. The van der Waals surface area contributed by atoms with Crippen LogP contribution >= 0.6 is 0 Å². The first-order valence-electron chi connectivity index (χ1n) is 12.2. The van der Waals surface area contributed by atoms with Gasteiger partial charge in [0.05, 0.1) is 17.7 Å². The number of hydrogen-bond donors (Lipinski definition) is 0. The molecular formula is C26H40O4. The number of benzene rings is 1. The van der Waals surface area contributed by atoms with E-state index in [1.165, 1.54) is 57.8 Å². The van der Waals surface area contributed by atoms with Crippen molar-refractivity contribution < 1.29 is 19.1 Å². The normalized spacial score (nSPS) is 14.4. The van der Waals surface area contributed by atoms with Gasteiger partial charge in [0.25, 0.3) is 0 Å². The summed E-state index contributed by atoms with van der Waals surface area (Å²) in [4.78, 5) is 25.1. The first-order valence-corrected chi connectivity index (χ1v) is 12.2. The lowest BCUT2D eigenvalue weighted by Crippen LogP contribution is -2.22. The van der Waals surface area contributed by atoms with Crippen LogP contribution in [0, 0.1) is 0 Å². The minimum absolute atomic E-state index is 0.0260. The van der Waals surface area contributed by atoms with Crippen molar-refractivity contribution in [3.05, 3.63) is 35.4 Å². The minimum atomic E-state index is -0.429. The number of rotatable bonds is 14. The quantitative estimate of drug-likeness (QED) is 0.237. The van der Waals surface area contributed by atoms with Crippen LogP contribution in [-0.4, -0.2) is 24.6 Å². The molecule has 0 unspecified atom stereocenters. The average molecular weight is 417 g/mol. The first-order chi connectivity index (χ1) is 14.7. The van der Waals surface area contributed by atoms with Gasteiger partial charge in [0, 0.05) is 0 Å². The zero-order valence-electron chi connectivity index (χ0n) is 18.8. The van der Waals surface area contributed by atoms with Crippen LogP contribution in [0.5, 0.6) is 0 Å². The molecule has 1 aliphatic carbocycles. The van der Waals surface area contributed by atoms with Gasteiger partial charge < -0.3 is 9.47 Å². The van der Waals surface area contributed by atoms with Crippen molar-refractivity contribution in [2.45, 2.75) is 109 Å². The Bertz CT molecular complexity index is 619. The molecule has 1 saturated carbocycles. The summed E-state index contributed by atoms with van der Waals surface area (Å²) in [6.45, 7) is 2.65. The topological polar surface area (TPSA) is 52.6 Å². The smallest absolute Gasteiger partial charge is 0.339 e. The highest BCUT2D eigenvalue weighted by molar-refractivity contribution is 6.03. The standard InChI is InChI=1S/C26H40O4/c1-2-3-4-5-6-7-8-9-10-16-21-29-25(27)23-19-14-15-20-24(23)26(28)30-22-17-12-11-13-18-22/h14-15,19-20,22H,2-13,16-18,21H2,1H3. The maximum atomic E-state index is 12.6. The van der Waals surface area contributed by atoms with Gasteiger partial charge >= 0.3 is 11.9 Å². The van der Waals surface area contributed by atoms with Crippen LogP contribution in [0.2, 0.25) is 0 Å². The molecule has 0 bridgehead atoms. The summed E-state index contributed by atoms with van der Waals surface area (Å²) in [6, 6.07) is 6.82. The first kappa shape index (κ1) is 24.4. The van der Waals surface area contributed by atoms with Crippen LogP contribution in [-0.2, 0) is 9.47 Å². The molecule has 0 N–H and O–H groups in total. The van der Waals surface area contributed by atoms with Crippen LogP contribution in [0.25, 0.3) is 0 Å². The molecule has 0 atom stereocenters. The van der Waals surface area contributed by atoms with Gasteiger partial charge in [0.15, 0.2) is 0 Å². The Labute approximate surface area is 182 Å². The summed E-state index contributed by atoms with van der Waals surface area (Å²) in [5.74, 6) is -0.837. The Morgan fingerprint density at radius 1 is 0.767 bits per heavy atom. The van der Waals surface area contributed by atoms with E-state index >= 15 is 0 Å². The minimum Gasteiger partial charge on any atom is -0.462 e. The lowest BCUT2D eigenvalue weighted by molar-refractivity contribution is 0.0203. The number of hydrogen-bond acceptors (Lipinski definition) is 4. The molecule has 0 heterocycles. The molecule has 1 aliphatic rings. The lowest BCUT2D eigenvalue weighted by atomic mass is 9.97. The molecule has 1 fully saturated rings. The molecule has 168 valence electrons. The maximum Gasteiger partial charge on any atom is 0.339 e. The van der Waals surface area contributed by atoms with Gasteiger partial charge in [-0.1, -0.05) is 83.3 Å². The van der Waals surface area contributed by atoms with Crippen LogP contribution in [0.3, 0.4) is 0 Å². The number of ether oxygens (including phenoxy) is 2. The van der Waals surface area contributed by atoms with E-state index in [2.05, 4.69) is 6.92 Å². The predicted octanol–water partition coefficient (Wildman–Crippen LogP) is 7.25. The Kier molecular flexibility index (Phi) is 12.2. The maximum absolute atomic E-state index is 12.6. The van der Waals surface area contributed by atoms with Crippen LogP contribution in [0.4, 0.5) is 0 Å². The second-order valence-corrected chi connectivity index (χ2v) is 8.53. The molecule has 2 rings (SSSR count). The van der Waals surface area contributed by atoms with Gasteiger partial charge in [-0.15, -0.1) is 0 Å². The third-order valence-corrected chi connectivity index (χ3v) is 5.92. The monoisotopic (exact) mass is 416 g/mol. The zero-order chi connectivity index (χ0) is 21.4. The van der Waals surface area contributed by atoms with Gasteiger partial charge in [0.1, 0.15) is 6.10 Å². The van der Waals surface area contributed by atoms with E-state index in [1.807, 2.05) is 0 Å². The van der Waals surface area contributed by atoms with Crippen molar-refractivity contribution in [3.8, 4) is 0 Å². The van der Waals surface area contributed by atoms with Gasteiger partial charge in [-0.3, -0.25) is 0 Å². The van der Waals surface area contributed by atoms with E-state index in [-0.39, 0.29) is 6.10 Å². The third-order valence-electron chi connectivity index (χ3n) is 5.92. The van der Waals surface area contributed by atoms with E-state index in [1.54, 1.807) is 24.3 Å². The second kappa shape index (κ2) is 15.0. The summed E-state index contributed by atoms with van der Waals surface area (Å²) < 4.78 is 11.1. The summed E-state index contributed by atoms with van der Waals surface area (Å²) in [5, 5.41) is 0. The van der Waals surface area contributed by atoms with Crippen molar-refractivity contribution in [1.82, 2.24) is 0 Å². The Hall–Kier alpha value is -1.84. The van der Waals surface area contributed by atoms with E-state index in [9.17, 15) is 9.59 Å². The van der Waals surface area contributed by atoms with E-state index in [0.717, 1.165) is 38.5 Å². The van der Waals surface area contributed by atoms with Crippen molar-refractivity contribution in [1.29, 1.82) is 0 Å². The molecule has 4 nitrogen and oxygen atoms in total. The Balaban J connectivity index is 1.65. The molecule has 1 aromatic rings. The molecule has 0 saturated heterocycles. The SMILES string of the molecule is CCCCCCCCCCCCOC(=O)c1ccccc1C(=O)OC1CCCCC1. The fourth-order valence-corrected chi connectivity index (χ4v) is 4.07. The third kappa shape index (κ3) is 9.32. The lowest BCUT2D eigenvalue weighted by Gasteiger charge is -2.22. The molecule has 1 aromatic carbocycles. The highest BCUT2D eigenvalue weighted by atomic mass is 16.5. The Morgan fingerprint density at radius 2 is 1.30 bits per heavy atom. The molecule has 4 heteroatoms. The Morgan fingerprint density at radius 3 is 1.90 bits per heavy atom. The molecular weight excluding hydrogens is 376 g/mol. The highest BCUT2D eigenvalue weighted by Gasteiger charge is 2.23. The summed E-state index contributed by atoms with van der Waals surface area (Å²) in [5.41, 5.74) is 0.626. The second-order valence-electron chi connectivity index (χ2n) is 8.53. The molecule has 30 heavy (non-hydrogen) atoms. The van der Waals surface area contributed by atoms with E-state index in [4.69, 9.17) is 9.47 Å². The molecule has 0 aromatic heterocycles. The van der Waals surface area contributed by atoms with E-state index < -0.39 is 11.9 Å². The zero-order valence-corrected chi connectivity index (χ0v) is 18.8. The molecule has 0 amide bonds. The number of unbranched alkanes of at least 4 members (excludes halogenated alkanes) is 9. The fourth-order valence-electron chi connectivity index (χ4n) is 4.07. The van der Waals surface area contributed by atoms with Crippen molar-refractivity contribution >= 4 is 11.9 Å². The van der Waals surface area contributed by atoms with Crippen LogP contribution in [0.1, 0.15) is 124 Å². The molecule has 0 radical (unpaired) electrons. The van der Waals surface area contributed by atoms with Crippen molar-refractivity contribution in [2.75, 3.05) is 6.61 Å². The van der Waals surface area contributed by atoms with Crippen molar-refractivity contribution in [3.63, 3.8) is 0 Å². The largest absolute Gasteiger partial charge is 0.462 e. The summed E-state index contributed by atoms with van der Waals surface area (Å²) >= 11 is 0. The van der Waals surface area contributed by atoms with Gasteiger partial charge in [0.2, 0.25) is 0 Å². The van der Waals surface area contributed by atoms with Gasteiger partial charge in [-0.25, -0.2) is 9.59 Å².